The van der Waals surface area contributed by atoms with Crippen molar-refractivity contribution < 1.29 is 4.74 Å². The van der Waals surface area contributed by atoms with E-state index >= 15 is 0 Å². The number of ether oxygens (including phenoxy) is 1. The van der Waals surface area contributed by atoms with Crippen molar-refractivity contribution >= 4 is 0 Å². The van der Waals surface area contributed by atoms with Crippen molar-refractivity contribution in [1.29, 1.82) is 0 Å². The summed E-state index contributed by atoms with van der Waals surface area (Å²) in [4.78, 5) is 1.77. The molecule has 0 amide bonds. The minimum Gasteiger partial charge on any atom is -0.378 e. The van der Waals surface area contributed by atoms with Crippen LogP contribution in [0.25, 0.3) is 11.4 Å². The lowest BCUT2D eigenvalue weighted by Crippen LogP contribution is -2.45. The Bertz CT molecular complexity index is 516. The second-order valence-corrected chi connectivity index (χ2v) is 4.32. The van der Waals surface area contributed by atoms with Crippen LogP contribution in [0.1, 0.15) is 5.56 Å². The maximum atomic E-state index is 5.34. The Morgan fingerprint density at radius 1 is 1.11 bits per heavy atom. The second-order valence-electron chi connectivity index (χ2n) is 4.32. The molecule has 0 saturated carbocycles. The van der Waals surface area contributed by atoms with Crippen molar-refractivity contribution in [2.24, 2.45) is 0 Å². The first-order valence-electron chi connectivity index (χ1n) is 6.03. The number of aromatic nitrogens is 4. The number of aryl methyl sites for hydroxylation is 1. The van der Waals surface area contributed by atoms with E-state index in [0.29, 0.717) is 13.2 Å². The largest absolute Gasteiger partial charge is 0.378 e. The van der Waals surface area contributed by atoms with Crippen molar-refractivity contribution in [2.75, 3.05) is 31.3 Å². The molecule has 0 spiro atoms. The average molecular weight is 245 g/mol. The van der Waals surface area contributed by atoms with Gasteiger partial charge in [0.15, 0.2) is 0 Å². The third-order valence-electron chi connectivity index (χ3n) is 3.02. The van der Waals surface area contributed by atoms with E-state index in [0.717, 1.165) is 24.5 Å². The van der Waals surface area contributed by atoms with E-state index in [-0.39, 0.29) is 0 Å². The van der Waals surface area contributed by atoms with E-state index in [1.54, 1.807) is 4.79 Å². The van der Waals surface area contributed by atoms with Crippen molar-refractivity contribution in [1.82, 2.24) is 20.3 Å². The first-order valence-corrected chi connectivity index (χ1v) is 6.03. The third-order valence-corrected chi connectivity index (χ3v) is 3.02. The third kappa shape index (κ3) is 2.06. The van der Waals surface area contributed by atoms with Gasteiger partial charge in [-0.05, 0) is 17.4 Å². The molecule has 3 rings (SSSR count). The van der Waals surface area contributed by atoms with Crippen LogP contribution < -0.4 is 5.01 Å². The Morgan fingerprint density at radius 3 is 2.56 bits per heavy atom. The number of benzene rings is 1. The fourth-order valence-electron chi connectivity index (χ4n) is 1.99. The van der Waals surface area contributed by atoms with Crippen LogP contribution in [0.2, 0.25) is 0 Å². The minimum absolute atomic E-state index is 0.715. The Balaban J connectivity index is 1.93. The molecule has 0 aliphatic carbocycles. The van der Waals surface area contributed by atoms with Crippen molar-refractivity contribution in [3.8, 4) is 11.4 Å². The Kier molecular flexibility index (Phi) is 2.93. The van der Waals surface area contributed by atoms with E-state index in [1.807, 2.05) is 12.1 Å². The molecule has 0 N–H and O–H groups in total. The molecule has 6 nitrogen and oxygen atoms in total. The molecule has 1 aliphatic rings. The monoisotopic (exact) mass is 245 g/mol. The smallest absolute Gasteiger partial charge is 0.204 e. The van der Waals surface area contributed by atoms with Crippen LogP contribution in [-0.2, 0) is 4.74 Å². The Labute approximate surface area is 105 Å². The molecule has 18 heavy (non-hydrogen) atoms. The molecule has 94 valence electrons. The molecule has 1 fully saturated rings. The van der Waals surface area contributed by atoms with Gasteiger partial charge in [-0.25, -0.2) is 0 Å². The highest BCUT2D eigenvalue weighted by atomic mass is 16.5. The summed E-state index contributed by atoms with van der Waals surface area (Å²) in [6, 6.07) is 8.21. The van der Waals surface area contributed by atoms with Crippen LogP contribution in [-0.4, -0.2) is 46.6 Å². The fraction of sp³-hybridized carbons (Fsp3) is 0.417. The Hall–Kier alpha value is -1.95. The van der Waals surface area contributed by atoms with Gasteiger partial charge in [-0.1, -0.05) is 29.8 Å². The number of morpholine rings is 1. The molecular weight excluding hydrogens is 230 g/mol. The molecule has 1 aromatic heterocycles. The van der Waals surface area contributed by atoms with Crippen molar-refractivity contribution in [3.63, 3.8) is 0 Å². The molecule has 6 heteroatoms. The lowest BCUT2D eigenvalue weighted by molar-refractivity contribution is 0.109. The van der Waals surface area contributed by atoms with Crippen LogP contribution in [0, 0.1) is 6.92 Å². The van der Waals surface area contributed by atoms with Gasteiger partial charge in [-0.2, -0.15) is 0 Å². The molecule has 1 saturated heterocycles. The summed E-state index contributed by atoms with van der Waals surface area (Å²) < 4.78 is 5.34. The molecule has 2 aromatic rings. The van der Waals surface area contributed by atoms with E-state index in [9.17, 15) is 0 Å². The molecule has 0 radical (unpaired) electrons. The molecule has 0 bridgehead atoms. The van der Waals surface area contributed by atoms with Crippen LogP contribution in [0.5, 0.6) is 0 Å². The average Bonchev–Trinajstić information content (AvgIpc) is 2.90. The predicted octanol–water partition coefficient (Wildman–Crippen LogP) is 0.617. The normalized spacial score (nSPS) is 15.9. The summed E-state index contributed by atoms with van der Waals surface area (Å²) in [7, 11) is 0. The molecule has 2 heterocycles. The van der Waals surface area contributed by atoms with E-state index in [4.69, 9.17) is 4.74 Å². The van der Waals surface area contributed by atoms with Gasteiger partial charge in [-0.3, -0.25) is 5.01 Å². The highest BCUT2D eigenvalue weighted by Gasteiger charge is 2.17. The van der Waals surface area contributed by atoms with E-state index in [2.05, 4.69) is 39.6 Å². The summed E-state index contributed by atoms with van der Waals surface area (Å²) in [5, 5.41) is 14.0. The van der Waals surface area contributed by atoms with E-state index in [1.165, 1.54) is 5.56 Å². The summed E-state index contributed by atoms with van der Waals surface area (Å²) in [6.07, 6.45) is 0. The lowest BCUT2D eigenvalue weighted by atomic mass is 10.1. The number of nitrogens with zero attached hydrogens (tertiary/aromatic N) is 5. The van der Waals surface area contributed by atoms with Gasteiger partial charge in [-0.15, -0.1) is 9.89 Å². The van der Waals surface area contributed by atoms with Crippen molar-refractivity contribution in [2.45, 2.75) is 6.92 Å². The van der Waals surface area contributed by atoms with Gasteiger partial charge in [0.25, 0.3) is 0 Å². The van der Waals surface area contributed by atoms with Gasteiger partial charge in [0, 0.05) is 5.56 Å². The molecule has 1 aromatic carbocycles. The molecular formula is C12H15N5O. The van der Waals surface area contributed by atoms with Gasteiger partial charge in [0.1, 0.15) is 0 Å². The van der Waals surface area contributed by atoms with Crippen LogP contribution in [0.4, 0.5) is 0 Å². The second kappa shape index (κ2) is 4.73. The van der Waals surface area contributed by atoms with Gasteiger partial charge >= 0.3 is 0 Å². The first kappa shape index (κ1) is 11.2. The van der Waals surface area contributed by atoms with Crippen molar-refractivity contribution in [3.05, 3.63) is 29.8 Å². The highest BCUT2D eigenvalue weighted by molar-refractivity contribution is 5.55. The van der Waals surface area contributed by atoms with Gasteiger partial charge in [0.05, 0.1) is 26.3 Å². The maximum absolute atomic E-state index is 5.34. The van der Waals surface area contributed by atoms with Gasteiger partial charge in [0.2, 0.25) is 5.82 Å². The summed E-state index contributed by atoms with van der Waals surface area (Å²) >= 11 is 0. The topological polar surface area (TPSA) is 56.1 Å². The Morgan fingerprint density at radius 2 is 1.83 bits per heavy atom. The first-order chi connectivity index (χ1) is 8.84. The quantitative estimate of drug-likeness (QED) is 0.776. The zero-order valence-electron chi connectivity index (χ0n) is 10.3. The molecule has 0 atom stereocenters. The predicted molar refractivity (Wildman–Crippen MR) is 66.8 cm³/mol. The number of tetrazole rings is 1. The zero-order valence-corrected chi connectivity index (χ0v) is 10.3. The van der Waals surface area contributed by atoms with Crippen LogP contribution in [0.15, 0.2) is 24.3 Å². The standard InChI is InChI=1S/C12H15N5O/c1-10-2-4-11(5-3-10)12-13-14-15-17(12)16-6-8-18-9-7-16/h2-5H,6-9H2,1H3. The van der Waals surface area contributed by atoms with E-state index < -0.39 is 0 Å². The molecule has 0 unspecified atom stereocenters. The summed E-state index contributed by atoms with van der Waals surface area (Å²) in [5.74, 6) is 0.775. The number of hydrogen-bond donors (Lipinski definition) is 0. The number of hydrogen-bond acceptors (Lipinski definition) is 5. The lowest BCUT2D eigenvalue weighted by Gasteiger charge is -2.28. The minimum atomic E-state index is 0.715. The molecule has 1 aliphatic heterocycles. The zero-order chi connectivity index (χ0) is 12.4. The SMILES string of the molecule is Cc1ccc(-c2nnnn2N2CCOCC2)cc1. The van der Waals surface area contributed by atoms with Crippen LogP contribution >= 0.6 is 0 Å². The summed E-state index contributed by atoms with van der Waals surface area (Å²) in [6.45, 7) is 5.11. The maximum Gasteiger partial charge on any atom is 0.204 e. The number of rotatable bonds is 2. The fourth-order valence-corrected chi connectivity index (χ4v) is 1.99. The summed E-state index contributed by atoms with van der Waals surface area (Å²) in [5.41, 5.74) is 2.25. The van der Waals surface area contributed by atoms with Gasteiger partial charge < -0.3 is 4.74 Å². The van der Waals surface area contributed by atoms with Crippen LogP contribution in [0.3, 0.4) is 0 Å². The highest BCUT2D eigenvalue weighted by Crippen LogP contribution is 2.16.